The van der Waals surface area contributed by atoms with E-state index in [2.05, 4.69) is 25.8 Å². The van der Waals surface area contributed by atoms with Crippen molar-refractivity contribution in [3.05, 3.63) is 29.3 Å². The van der Waals surface area contributed by atoms with Gasteiger partial charge < -0.3 is 4.74 Å². The topological polar surface area (TPSA) is 24.8 Å². The zero-order chi connectivity index (χ0) is 13.3. The van der Waals surface area contributed by atoms with Gasteiger partial charge in [-0.25, -0.2) is 4.99 Å². The van der Waals surface area contributed by atoms with Crippen LogP contribution in [0.15, 0.2) is 29.3 Å². The van der Waals surface area contributed by atoms with E-state index in [1.807, 2.05) is 36.2 Å². The molecule has 0 amide bonds. The van der Waals surface area contributed by atoms with Crippen LogP contribution in [0.5, 0.6) is 0 Å². The number of benzene rings is 1. The maximum atomic E-state index is 6.01. The summed E-state index contributed by atoms with van der Waals surface area (Å²) >= 11 is 6.01. The summed E-state index contributed by atoms with van der Waals surface area (Å²) in [6, 6.07) is 8.33. The summed E-state index contributed by atoms with van der Waals surface area (Å²) in [6.07, 6.45) is 1.11. The third kappa shape index (κ3) is 2.96. The van der Waals surface area contributed by atoms with Gasteiger partial charge >= 0.3 is 0 Å². The minimum atomic E-state index is -0.0835. The second-order valence-electron chi connectivity index (χ2n) is 5.38. The number of hydrogen-bond donors (Lipinski definition) is 0. The van der Waals surface area contributed by atoms with Crippen LogP contribution >= 0.6 is 11.6 Å². The Morgan fingerprint density at radius 2 is 2.17 bits per heavy atom. The molecule has 1 heterocycles. The van der Waals surface area contributed by atoms with Crippen LogP contribution < -0.4 is 4.90 Å². The molecule has 4 heteroatoms. The van der Waals surface area contributed by atoms with E-state index in [1.165, 1.54) is 0 Å². The van der Waals surface area contributed by atoms with Crippen LogP contribution in [0.1, 0.15) is 27.2 Å². The van der Waals surface area contributed by atoms with Gasteiger partial charge in [0.25, 0.3) is 6.02 Å². The van der Waals surface area contributed by atoms with Crippen LogP contribution in [0.4, 0.5) is 5.69 Å². The van der Waals surface area contributed by atoms with Gasteiger partial charge in [0.05, 0.1) is 5.54 Å². The lowest BCUT2D eigenvalue weighted by Crippen LogP contribution is -2.41. The molecule has 0 N–H and O–H groups in total. The van der Waals surface area contributed by atoms with Gasteiger partial charge in [0.2, 0.25) is 0 Å². The summed E-state index contributed by atoms with van der Waals surface area (Å²) in [5.41, 5.74) is 0.894. The van der Waals surface area contributed by atoms with E-state index < -0.39 is 0 Å². The first-order chi connectivity index (χ1) is 8.37. The highest BCUT2D eigenvalue weighted by Crippen LogP contribution is 2.27. The molecule has 0 radical (unpaired) electrons. The molecule has 1 aliphatic rings. The fourth-order valence-corrected chi connectivity index (χ4v) is 2.39. The molecule has 1 unspecified atom stereocenters. The van der Waals surface area contributed by atoms with E-state index in [0.29, 0.717) is 11.0 Å². The Bertz CT molecular complexity index is 471. The minimum Gasteiger partial charge on any atom is -0.462 e. The monoisotopic (exact) mass is 266 g/mol. The van der Waals surface area contributed by atoms with Crippen molar-refractivity contribution in [3.63, 3.8) is 0 Å². The van der Waals surface area contributed by atoms with Crippen molar-refractivity contribution >= 4 is 23.3 Å². The van der Waals surface area contributed by atoms with Crippen molar-refractivity contribution in [1.82, 2.24) is 0 Å². The van der Waals surface area contributed by atoms with E-state index in [1.54, 1.807) is 0 Å². The Labute approximate surface area is 113 Å². The smallest absolute Gasteiger partial charge is 0.292 e. The number of rotatable bonds is 1. The number of halogens is 1. The summed E-state index contributed by atoms with van der Waals surface area (Å²) in [4.78, 5) is 6.58. The fraction of sp³-hybridized carbons (Fsp3) is 0.500. The van der Waals surface area contributed by atoms with E-state index in [0.717, 1.165) is 12.1 Å². The van der Waals surface area contributed by atoms with Gasteiger partial charge in [-0.15, -0.1) is 0 Å². The van der Waals surface area contributed by atoms with Gasteiger partial charge in [0.15, 0.2) is 0 Å². The Kier molecular flexibility index (Phi) is 3.53. The average Bonchev–Trinajstić information content (AvgIpc) is 2.25. The predicted octanol–water partition coefficient (Wildman–Crippen LogP) is 3.72. The van der Waals surface area contributed by atoms with Crippen LogP contribution in [0, 0.1) is 0 Å². The lowest BCUT2D eigenvalue weighted by Gasteiger charge is -2.34. The second-order valence-corrected chi connectivity index (χ2v) is 5.81. The summed E-state index contributed by atoms with van der Waals surface area (Å²) < 4.78 is 5.81. The standard InChI is InChI=1S/C14H19ClN2O/c1-10-9-14(2,3)16-13(18-10)17(4)12-7-5-6-11(15)8-12/h5-8,10H,9H2,1-4H3. The molecule has 1 aliphatic heterocycles. The number of hydrogen-bond acceptors (Lipinski definition) is 3. The van der Waals surface area contributed by atoms with Crippen LogP contribution in [0.25, 0.3) is 0 Å². The molecular formula is C14H19ClN2O. The Balaban J connectivity index is 2.28. The molecule has 0 aromatic heterocycles. The molecule has 0 aliphatic carbocycles. The van der Waals surface area contributed by atoms with Crippen molar-refractivity contribution < 1.29 is 4.74 Å². The summed E-state index contributed by atoms with van der Waals surface area (Å²) in [7, 11) is 1.94. The van der Waals surface area contributed by atoms with Gasteiger partial charge in [-0.3, -0.25) is 4.90 Å². The van der Waals surface area contributed by atoms with Gasteiger partial charge in [0, 0.05) is 24.2 Å². The Morgan fingerprint density at radius 3 is 2.78 bits per heavy atom. The van der Waals surface area contributed by atoms with Crippen molar-refractivity contribution in [3.8, 4) is 0 Å². The molecule has 2 rings (SSSR count). The van der Waals surface area contributed by atoms with Crippen molar-refractivity contribution in [2.75, 3.05) is 11.9 Å². The van der Waals surface area contributed by atoms with Crippen LogP contribution in [0.2, 0.25) is 5.02 Å². The molecule has 1 atom stereocenters. The maximum Gasteiger partial charge on any atom is 0.292 e. The average molecular weight is 267 g/mol. The Hall–Kier alpha value is -1.22. The fourth-order valence-electron chi connectivity index (χ4n) is 2.21. The second kappa shape index (κ2) is 4.81. The quantitative estimate of drug-likeness (QED) is 0.774. The van der Waals surface area contributed by atoms with Crippen LogP contribution in [-0.4, -0.2) is 24.7 Å². The Morgan fingerprint density at radius 1 is 1.44 bits per heavy atom. The minimum absolute atomic E-state index is 0.0835. The maximum absolute atomic E-state index is 6.01. The third-order valence-corrected chi connectivity index (χ3v) is 3.21. The summed E-state index contributed by atoms with van der Waals surface area (Å²) in [5, 5.41) is 0.711. The first-order valence-corrected chi connectivity index (χ1v) is 6.51. The lowest BCUT2D eigenvalue weighted by atomic mass is 9.97. The zero-order valence-corrected chi connectivity index (χ0v) is 12.0. The van der Waals surface area contributed by atoms with Gasteiger partial charge in [0.1, 0.15) is 6.10 Å². The summed E-state index contributed by atoms with van der Waals surface area (Å²) in [6.45, 7) is 6.32. The molecule has 0 fully saturated rings. The summed E-state index contributed by atoms with van der Waals surface area (Å²) in [5.74, 6) is 0. The van der Waals surface area contributed by atoms with Crippen molar-refractivity contribution in [1.29, 1.82) is 0 Å². The number of aliphatic imine (C=N–C) groups is 1. The third-order valence-electron chi connectivity index (χ3n) is 2.97. The number of nitrogens with zero attached hydrogens (tertiary/aromatic N) is 2. The van der Waals surface area contributed by atoms with Crippen LogP contribution in [0.3, 0.4) is 0 Å². The van der Waals surface area contributed by atoms with Crippen molar-refractivity contribution in [2.45, 2.75) is 38.8 Å². The number of anilines is 1. The predicted molar refractivity (Wildman–Crippen MR) is 76.5 cm³/mol. The molecule has 3 nitrogen and oxygen atoms in total. The molecule has 0 spiro atoms. The highest BCUT2D eigenvalue weighted by atomic mass is 35.5. The van der Waals surface area contributed by atoms with E-state index in [9.17, 15) is 0 Å². The normalized spacial score (nSPS) is 22.1. The van der Waals surface area contributed by atoms with E-state index in [-0.39, 0.29) is 11.6 Å². The van der Waals surface area contributed by atoms with E-state index >= 15 is 0 Å². The first kappa shape index (κ1) is 13.2. The highest BCUT2D eigenvalue weighted by molar-refractivity contribution is 6.30. The lowest BCUT2D eigenvalue weighted by molar-refractivity contribution is 0.141. The molecule has 98 valence electrons. The molecule has 0 bridgehead atoms. The largest absolute Gasteiger partial charge is 0.462 e. The molecule has 0 saturated heterocycles. The van der Waals surface area contributed by atoms with Crippen LogP contribution in [-0.2, 0) is 4.74 Å². The van der Waals surface area contributed by atoms with Crippen molar-refractivity contribution in [2.24, 2.45) is 4.99 Å². The highest BCUT2D eigenvalue weighted by Gasteiger charge is 2.30. The molecule has 0 saturated carbocycles. The molecule has 18 heavy (non-hydrogen) atoms. The zero-order valence-electron chi connectivity index (χ0n) is 11.3. The first-order valence-electron chi connectivity index (χ1n) is 6.13. The molecular weight excluding hydrogens is 248 g/mol. The molecule has 1 aromatic rings. The van der Waals surface area contributed by atoms with Gasteiger partial charge in [-0.05, 0) is 39.0 Å². The number of amidine groups is 1. The number of ether oxygens (including phenoxy) is 1. The SMILES string of the molecule is CC1CC(C)(C)N=C(N(C)c2cccc(Cl)c2)O1. The van der Waals surface area contributed by atoms with E-state index in [4.69, 9.17) is 16.3 Å². The van der Waals surface area contributed by atoms with Gasteiger partial charge in [-0.2, -0.15) is 0 Å². The molecule has 1 aromatic carbocycles. The van der Waals surface area contributed by atoms with Gasteiger partial charge in [-0.1, -0.05) is 17.7 Å².